The normalized spacial score (nSPS) is 11.7. The molecule has 0 bridgehead atoms. The lowest BCUT2D eigenvalue weighted by Gasteiger charge is -2.19. The van der Waals surface area contributed by atoms with Crippen LogP contribution in [0.1, 0.15) is 36.7 Å². The molecule has 0 heterocycles. The first-order chi connectivity index (χ1) is 17.5. The molecule has 1 amide bonds. The van der Waals surface area contributed by atoms with Gasteiger partial charge in [-0.3, -0.25) is 9.10 Å². The molecule has 0 aliphatic rings. The van der Waals surface area contributed by atoms with E-state index >= 15 is 0 Å². The van der Waals surface area contributed by atoms with Gasteiger partial charge in [-0.2, -0.15) is 5.10 Å². The number of ether oxygens (including phenoxy) is 2. The van der Waals surface area contributed by atoms with E-state index in [0.717, 1.165) is 4.31 Å². The Kier molecular flexibility index (Phi) is 8.67. The van der Waals surface area contributed by atoms with Crippen molar-refractivity contribution >= 4 is 33.8 Å². The minimum atomic E-state index is -3.71. The topological polar surface area (TPSA) is 114 Å². The zero-order chi connectivity index (χ0) is 27.1. The summed E-state index contributed by atoms with van der Waals surface area (Å²) in [6, 6.07) is 21.0. The Balaban J connectivity index is 1.53. The highest BCUT2D eigenvalue weighted by Crippen LogP contribution is 2.22. The maximum absolute atomic E-state index is 12.8. The van der Waals surface area contributed by atoms with Crippen molar-refractivity contribution < 1.29 is 27.5 Å². The number of hydrogen-bond donors (Lipinski definition) is 1. The minimum Gasteiger partial charge on any atom is -0.482 e. The Hall–Kier alpha value is -4.18. The van der Waals surface area contributed by atoms with E-state index < -0.39 is 27.5 Å². The monoisotopic (exact) mass is 523 g/mol. The van der Waals surface area contributed by atoms with Gasteiger partial charge in [-0.15, -0.1) is 0 Å². The molecule has 0 aliphatic heterocycles. The fraction of sp³-hybridized carbons (Fsp3) is 0.222. The Labute approximate surface area is 216 Å². The molecule has 0 aliphatic carbocycles. The van der Waals surface area contributed by atoms with Crippen LogP contribution in [0.15, 0.2) is 88.9 Å². The van der Waals surface area contributed by atoms with Crippen molar-refractivity contribution in [3.63, 3.8) is 0 Å². The molecule has 0 aromatic heterocycles. The van der Waals surface area contributed by atoms with Crippen molar-refractivity contribution in [3.05, 3.63) is 90.0 Å². The molecule has 0 fully saturated rings. The largest absolute Gasteiger partial charge is 0.482 e. The number of anilines is 1. The molecular formula is C27H29N3O6S. The fourth-order valence-corrected chi connectivity index (χ4v) is 4.32. The first kappa shape index (κ1) is 27.4. The van der Waals surface area contributed by atoms with Gasteiger partial charge in [-0.1, -0.05) is 18.2 Å². The molecule has 1 N–H and O–H groups in total. The van der Waals surface area contributed by atoms with Crippen LogP contribution in [0.2, 0.25) is 0 Å². The molecule has 194 valence electrons. The maximum atomic E-state index is 12.8. The third kappa shape index (κ3) is 7.91. The zero-order valence-electron chi connectivity index (χ0n) is 21.0. The summed E-state index contributed by atoms with van der Waals surface area (Å²) in [6.45, 7) is 5.15. The number of sulfonamides is 1. The number of hydrazone groups is 1. The number of esters is 1. The maximum Gasteiger partial charge on any atom is 0.344 e. The van der Waals surface area contributed by atoms with E-state index in [2.05, 4.69) is 10.5 Å². The fourth-order valence-electron chi connectivity index (χ4n) is 3.11. The van der Waals surface area contributed by atoms with E-state index in [4.69, 9.17) is 9.47 Å². The van der Waals surface area contributed by atoms with Gasteiger partial charge in [0.15, 0.2) is 6.61 Å². The van der Waals surface area contributed by atoms with Gasteiger partial charge in [-0.05, 0) is 87.0 Å². The van der Waals surface area contributed by atoms with Gasteiger partial charge >= 0.3 is 5.97 Å². The van der Waals surface area contributed by atoms with E-state index in [1.54, 1.807) is 75.4 Å². The number of amides is 1. The number of carbonyl (C=O) groups excluding carboxylic acids is 2. The standard InChI is InChI=1S/C27H29N3O6S/c1-27(2,3)36-25(31)19-35-23-16-10-20(11-17-23)18-28-29-26(32)21-12-14-22(15-13-21)30(4)37(33,34)24-8-6-5-7-9-24/h5-18H,19H2,1-4H3,(H,29,32)/b28-18+. The van der Waals surface area contributed by atoms with Gasteiger partial charge in [-0.25, -0.2) is 18.6 Å². The number of rotatable bonds is 9. The van der Waals surface area contributed by atoms with Crippen LogP contribution in [0.3, 0.4) is 0 Å². The van der Waals surface area contributed by atoms with E-state index in [0.29, 0.717) is 22.6 Å². The smallest absolute Gasteiger partial charge is 0.344 e. The first-order valence-corrected chi connectivity index (χ1v) is 12.8. The van der Waals surface area contributed by atoms with Crippen LogP contribution >= 0.6 is 0 Å². The molecule has 10 heteroatoms. The third-order valence-electron chi connectivity index (χ3n) is 4.93. The molecule has 3 aromatic carbocycles. The first-order valence-electron chi connectivity index (χ1n) is 11.4. The molecule has 0 saturated carbocycles. The zero-order valence-corrected chi connectivity index (χ0v) is 21.9. The summed E-state index contributed by atoms with van der Waals surface area (Å²) >= 11 is 0. The molecule has 37 heavy (non-hydrogen) atoms. The molecule has 9 nitrogen and oxygen atoms in total. The summed E-state index contributed by atoms with van der Waals surface area (Å²) in [7, 11) is -2.26. The van der Waals surface area contributed by atoms with Crippen molar-refractivity contribution in [1.82, 2.24) is 5.43 Å². The number of nitrogens with one attached hydrogen (secondary N) is 1. The lowest BCUT2D eigenvalue weighted by atomic mass is 10.2. The lowest BCUT2D eigenvalue weighted by molar-refractivity contribution is -0.157. The van der Waals surface area contributed by atoms with E-state index in [9.17, 15) is 18.0 Å². The van der Waals surface area contributed by atoms with E-state index in [-0.39, 0.29) is 11.5 Å². The van der Waals surface area contributed by atoms with Crippen molar-refractivity contribution in [2.75, 3.05) is 18.0 Å². The van der Waals surface area contributed by atoms with Crippen LogP contribution in [-0.2, 0) is 19.6 Å². The number of benzene rings is 3. The molecule has 0 radical (unpaired) electrons. The molecule has 0 saturated heterocycles. The molecule has 0 spiro atoms. The van der Waals surface area contributed by atoms with Gasteiger partial charge in [0.1, 0.15) is 11.4 Å². The van der Waals surface area contributed by atoms with Crippen LogP contribution in [0, 0.1) is 0 Å². The van der Waals surface area contributed by atoms with Gasteiger partial charge in [0.25, 0.3) is 15.9 Å². The van der Waals surface area contributed by atoms with Crippen molar-refractivity contribution in [2.45, 2.75) is 31.3 Å². The lowest BCUT2D eigenvalue weighted by Crippen LogP contribution is -2.27. The third-order valence-corrected chi connectivity index (χ3v) is 6.73. The SMILES string of the molecule is CN(c1ccc(C(=O)N/N=C/c2ccc(OCC(=O)OC(C)(C)C)cc2)cc1)S(=O)(=O)c1ccccc1. The van der Waals surface area contributed by atoms with Gasteiger partial charge < -0.3 is 9.47 Å². The number of carbonyl (C=O) groups is 2. The Morgan fingerprint density at radius 2 is 1.57 bits per heavy atom. The van der Waals surface area contributed by atoms with Crippen LogP contribution < -0.4 is 14.5 Å². The van der Waals surface area contributed by atoms with E-state index in [1.807, 2.05) is 0 Å². The predicted molar refractivity (Wildman–Crippen MR) is 141 cm³/mol. The van der Waals surface area contributed by atoms with Crippen LogP contribution in [0.25, 0.3) is 0 Å². The summed E-state index contributed by atoms with van der Waals surface area (Å²) in [4.78, 5) is 24.3. The number of nitrogens with zero attached hydrogens (tertiary/aromatic N) is 2. The second-order valence-corrected chi connectivity index (χ2v) is 10.9. The summed E-state index contributed by atoms with van der Waals surface area (Å²) in [5, 5.41) is 3.95. The average Bonchev–Trinajstić information content (AvgIpc) is 2.87. The molecule has 3 aromatic rings. The van der Waals surface area contributed by atoms with Gasteiger partial charge in [0, 0.05) is 12.6 Å². The molecule has 3 rings (SSSR count). The van der Waals surface area contributed by atoms with Crippen LogP contribution in [0.5, 0.6) is 5.75 Å². The van der Waals surface area contributed by atoms with Crippen molar-refractivity contribution in [2.24, 2.45) is 5.10 Å². The Bertz CT molecular complexity index is 1350. The molecule has 0 unspecified atom stereocenters. The van der Waals surface area contributed by atoms with E-state index in [1.165, 1.54) is 37.5 Å². The quantitative estimate of drug-likeness (QED) is 0.258. The average molecular weight is 524 g/mol. The van der Waals surface area contributed by atoms with Crippen molar-refractivity contribution in [3.8, 4) is 5.75 Å². The van der Waals surface area contributed by atoms with Crippen molar-refractivity contribution in [1.29, 1.82) is 0 Å². The minimum absolute atomic E-state index is 0.177. The Morgan fingerprint density at radius 1 is 0.946 bits per heavy atom. The highest BCUT2D eigenvalue weighted by molar-refractivity contribution is 7.92. The highest BCUT2D eigenvalue weighted by Gasteiger charge is 2.21. The van der Waals surface area contributed by atoms with Crippen LogP contribution in [0.4, 0.5) is 5.69 Å². The number of hydrogen-bond acceptors (Lipinski definition) is 7. The molecule has 0 atom stereocenters. The summed E-state index contributed by atoms with van der Waals surface area (Å²) in [5.74, 6) is -0.418. The second-order valence-electron chi connectivity index (χ2n) is 8.98. The second kappa shape index (κ2) is 11.7. The summed E-state index contributed by atoms with van der Waals surface area (Å²) in [6.07, 6.45) is 1.46. The summed E-state index contributed by atoms with van der Waals surface area (Å²) < 4.78 is 37.3. The predicted octanol–water partition coefficient (Wildman–Crippen LogP) is 4.00. The van der Waals surface area contributed by atoms with Gasteiger partial charge in [0.05, 0.1) is 16.8 Å². The molecular weight excluding hydrogens is 494 g/mol. The highest BCUT2D eigenvalue weighted by atomic mass is 32.2. The summed E-state index contributed by atoms with van der Waals surface area (Å²) in [5.41, 5.74) is 3.29. The van der Waals surface area contributed by atoms with Gasteiger partial charge in [0.2, 0.25) is 0 Å². The Morgan fingerprint density at radius 3 is 2.16 bits per heavy atom. The van der Waals surface area contributed by atoms with Crippen LogP contribution in [-0.4, -0.2) is 45.8 Å².